The van der Waals surface area contributed by atoms with Gasteiger partial charge in [-0.1, -0.05) is 12.1 Å². The third-order valence-electron chi connectivity index (χ3n) is 6.07. The van der Waals surface area contributed by atoms with Gasteiger partial charge in [-0.3, -0.25) is 4.98 Å². The number of benzene rings is 2. The molecule has 2 fully saturated rings. The first kappa shape index (κ1) is 22.2. The monoisotopic (exact) mass is 459 g/mol. The number of hydrogen-bond donors (Lipinski definition) is 0. The van der Waals surface area contributed by atoms with Gasteiger partial charge in [0.2, 0.25) is 0 Å². The zero-order chi connectivity index (χ0) is 20.3. The van der Waals surface area contributed by atoms with Crippen LogP contribution in [0.4, 0.5) is 0 Å². The van der Waals surface area contributed by atoms with E-state index in [1.165, 1.54) is 31.2 Å². The van der Waals surface area contributed by atoms with E-state index in [4.69, 9.17) is 13.9 Å². The third kappa shape index (κ3) is 5.27. The molecule has 3 heterocycles. The molecule has 2 atom stereocenters. The number of nitrogens with zero attached hydrogens (tertiary/aromatic N) is 2. The van der Waals surface area contributed by atoms with Crippen molar-refractivity contribution in [1.29, 1.82) is 0 Å². The van der Waals surface area contributed by atoms with E-state index in [0.717, 1.165) is 42.4 Å². The normalized spacial score (nSPS) is 22.9. The topological polar surface area (TPSA) is 47.7 Å². The Bertz CT molecular complexity index is 955. The van der Waals surface area contributed by atoms with Gasteiger partial charge in [0.05, 0.1) is 12.7 Å². The van der Waals surface area contributed by atoms with Crippen LogP contribution in [-0.2, 0) is 21.8 Å². The summed E-state index contributed by atoms with van der Waals surface area (Å²) in [6, 6.07) is 17.4. The van der Waals surface area contributed by atoms with Gasteiger partial charge in [-0.15, -0.1) is 23.8 Å². The van der Waals surface area contributed by atoms with Crippen molar-refractivity contribution in [3.05, 3.63) is 66.4 Å². The average molecular weight is 459 g/mol. The molecule has 163 valence electrons. The van der Waals surface area contributed by atoms with E-state index in [0.29, 0.717) is 18.1 Å². The molecule has 1 aliphatic carbocycles. The Labute approximate surface area is 194 Å². The van der Waals surface area contributed by atoms with Crippen LogP contribution >= 0.6 is 0 Å². The van der Waals surface area contributed by atoms with E-state index in [9.17, 15) is 0 Å². The summed E-state index contributed by atoms with van der Waals surface area (Å²) < 4.78 is 16.9. The van der Waals surface area contributed by atoms with Gasteiger partial charge in [-0.2, -0.15) is 24.6 Å². The summed E-state index contributed by atoms with van der Waals surface area (Å²) in [4.78, 5) is 6.86. The molecule has 2 aromatic carbocycles. The van der Waals surface area contributed by atoms with Gasteiger partial charge >= 0.3 is 17.1 Å². The molecule has 6 heteroatoms. The SMILES string of the molecule is COC1CCCN(C2[CH-]c3ccccc3OC2)C1.[Mn+2].[c-]1cccc2nc(C3CC3)oc12. The smallest absolute Gasteiger partial charge is 0.550 e. The van der Waals surface area contributed by atoms with Gasteiger partial charge in [-0.25, -0.2) is 0 Å². The van der Waals surface area contributed by atoms with Crippen LogP contribution in [0.3, 0.4) is 0 Å². The molecule has 2 aliphatic heterocycles. The number of oxazole rings is 1. The molecule has 1 saturated heterocycles. The molecule has 5 nitrogen and oxygen atoms in total. The molecule has 0 bridgehead atoms. The first-order chi connectivity index (χ1) is 14.8. The fourth-order valence-corrected chi connectivity index (χ4v) is 4.18. The number of piperidine rings is 1. The van der Waals surface area contributed by atoms with Gasteiger partial charge in [0, 0.05) is 36.9 Å². The van der Waals surface area contributed by atoms with Crippen LogP contribution < -0.4 is 4.74 Å². The van der Waals surface area contributed by atoms with Crippen molar-refractivity contribution in [1.82, 2.24) is 9.88 Å². The molecule has 3 aromatic rings. The minimum absolute atomic E-state index is 0. The molecule has 6 rings (SSSR count). The maximum Gasteiger partial charge on any atom is 2.00 e. The Morgan fingerprint density at radius 1 is 1.16 bits per heavy atom. The Hall–Kier alpha value is -1.98. The summed E-state index contributed by atoms with van der Waals surface area (Å²) in [5, 5.41) is 0. The molecule has 1 radical (unpaired) electrons. The molecule has 0 N–H and O–H groups in total. The van der Waals surface area contributed by atoms with Crippen LogP contribution in [0, 0.1) is 12.5 Å². The summed E-state index contributed by atoms with van der Waals surface area (Å²) in [5.41, 5.74) is 2.94. The molecular formula is C25H28MnN2O3. The summed E-state index contributed by atoms with van der Waals surface area (Å²) >= 11 is 0. The number of ether oxygens (including phenoxy) is 2. The van der Waals surface area contributed by atoms with Crippen molar-refractivity contribution in [2.75, 3.05) is 26.8 Å². The van der Waals surface area contributed by atoms with E-state index >= 15 is 0 Å². The number of likely N-dealkylation sites (tertiary alicyclic amines) is 1. The number of aromatic nitrogens is 1. The van der Waals surface area contributed by atoms with Gasteiger partial charge in [-0.05, 0) is 37.7 Å². The second-order valence-corrected chi connectivity index (χ2v) is 8.29. The zero-order valence-electron chi connectivity index (χ0n) is 17.8. The van der Waals surface area contributed by atoms with E-state index in [-0.39, 0.29) is 17.1 Å². The number of hydrogen-bond acceptors (Lipinski definition) is 5. The van der Waals surface area contributed by atoms with Crippen molar-refractivity contribution in [3.63, 3.8) is 0 Å². The van der Waals surface area contributed by atoms with Crippen molar-refractivity contribution in [2.24, 2.45) is 0 Å². The van der Waals surface area contributed by atoms with Crippen LogP contribution in [0.2, 0.25) is 0 Å². The number of fused-ring (bicyclic) bond motifs is 2. The minimum Gasteiger partial charge on any atom is -0.550 e. The van der Waals surface area contributed by atoms with Crippen molar-refractivity contribution in [2.45, 2.75) is 43.7 Å². The van der Waals surface area contributed by atoms with Gasteiger partial charge in [0.1, 0.15) is 0 Å². The van der Waals surface area contributed by atoms with Crippen molar-refractivity contribution < 1.29 is 31.0 Å². The molecule has 2 unspecified atom stereocenters. The van der Waals surface area contributed by atoms with Crippen LogP contribution in [0.25, 0.3) is 11.1 Å². The van der Waals surface area contributed by atoms with Crippen LogP contribution in [0.15, 0.2) is 46.9 Å². The van der Waals surface area contributed by atoms with E-state index < -0.39 is 0 Å². The van der Waals surface area contributed by atoms with Crippen molar-refractivity contribution >= 4 is 11.1 Å². The molecule has 31 heavy (non-hydrogen) atoms. The van der Waals surface area contributed by atoms with Crippen LogP contribution in [0.5, 0.6) is 5.75 Å². The first-order valence-corrected chi connectivity index (χ1v) is 10.9. The predicted molar refractivity (Wildman–Crippen MR) is 116 cm³/mol. The Kier molecular flexibility index (Phi) is 7.23. The Balaban J connectivity index is 0.000000155. The predicted octanol–water partition coefficient (Wildman–Crippen LogP) is 4.61. The standard InChI is InChI=1S/C15H20NO2.C10H8NO.Mn/c1-17-14-6-4-8-16(10-14)13-9-12-5-2-3-7-15(12)18-11-13;1-2-4-9-8(3-1)11-10(12-9)7-5-6-7;/h2-3,5,7,9,13-14H,4,6,8,10-11H2,1H3;1-3,7H,5-6H2;/q2*-1;+2. The Morgan fingerprint density at radius 3 is 2.84 bits per heavy atom. The summed E-state index contributed by atoms with van der Waals surface area (Å²) in [7, 11) is 1.81. The second-order valence-electron chi connectivity index (χ2n) is 8.29. The molecule has 0 amide bonds. The van der Waals surface area contributed by atoms with Crippen LogP contribution in [0.1, 0.15) is 43.1 Å². The van der Waals surface area contributed by atoms with Crippen molar-refractivity contribution in [3.8, 4) is 5.75 Å². The Morgan fingerprint density at radius 2 is 2.03 bits per heavy atom. The molecule has 1 saturated carbocycles. The number of rotatable bonds is 3. The minimum atomic E-state index is 0. The molecular weight excluding hydrogens is 431 g/mol. The zero-order valence-corrected chi connectivity index (χ0v) is 19.0. The number of para-hydroxylation sites is 2. The quantitative estimate of drug-likeness (QED) is 0.423. The maximum atomic E-state index is 5.84. The second kappa shape index (κ2) is 10.1. The average Bonchev–Trinajstić information content (AvgIpc) is 3.58. The fourth-order valence-electron chi connectivity index (χ4n) is 4.18. The maximum absolute atomic E-state index is 5.84. The summed E-state index contributed by atoms with van der Waals surface area (Å²) in [6.45, 7) is 2.92. The molecule has 3 aliphatic rings. The third-order valence-corrected chi connectivity index (χ3v) is 6.07. The van der Waals surface area contributed by atoms with E-state index in [1.807, 2.05) is 37.4 Å². The largest absolute Gasteiger partial charge is 2.00 e. The first-order valence-electron chi connectivity index (χ1n) is 10.9. The number of methoxy groups -OCH3 is 1. The van der Waals surface area contributed by atoms with Crippen LogP contribution in [-0.4, -0.2) is 48.8 Å². The summed E-state index contributed by atoms with van der Waals surface area (Å²) in [6.07, 6.45) is 7.56. The molecule has 1 aromatic heterocycles. The van der Waals surface area contributed by atoms with Gasteiger partial charge in [0.25, 0.3) is 0 Å². The van der Waals surface area contributed by atoms with Gasteiger partial charge < -0.3 is 18.8 Å². The molecule has 0 spiro atoms. The van der Waals surface area contributed by atoms with E-state index in [1.54, 1.807) is 0 Å². The van der Waals surface area contributed by atoms with Gasteiger partial charge in [0.15, 0.2) is 5.89 Å². The van der Waals surface area contributed by atoms with E-state index in [2.05, 4.69) is 34.5 Å². The summed E-state index contributed by atoms with van der Waals surface area (Å²) in [5.74, 6) is 2.49. The fraction of sp³-hybridized carbons (Fsp3) is 0.440.